The van der Waals surface area contributed by atoms with E-state index in [0.717, 1.165) is 26.8 Å². The molecule has 0 aliphatic heterocycles. The zero-order valence-electron chi connectivity index (χ0n) is 13.7. The van der Waals surface area contributed by atoms with E-state index >= 15 is 0 Å². The minimum atomic E-state index is -0.191. The summed E-state index contributed by atoms with van der Waals surface area (Å²) < 4.78 is 7.21. The van der Waals surface area contributed by atoms with Crippen molar-refractivity contribution in [3.8, 4) is 15.6 Å². The lowest BCUT2D eigenvalue weighted by molar-refractivity contribution is 0.299. The first kappa shape index (κ1) is 16.0. The molecule has 0 unspecified atom stereocenters. The van der Waals surface area contributed by atoms with Crippen LogP contribution in [0.4, 0.5) is 0 Å². The Labute approximate surface area is 152 Å². The fourth-order valence-corrected chi connectivity index (χ4v) is 4.16. The van der Waals surface area contributed by atoms with Crippen molar-refractivity contribution >= 4 is 27.6 Å². The zero-order valence-corrected chi connectivity index (χ0v) is 15.4. The number of fused-ring (bicyclic) bond motifs is 1. The van der Waals surface area contributed by atoms with Crippen molar-refractivity contribution in [1.82, 2.24) is 14.6 Å². The quantitative estimate of drug-likeness (QED) is 0.544. The molecule has 5 nitrogen and oxygen atoms in total. The van der Waals surface area contributed by atoms with Crippen molar-refractivity contribution in [1.29, 1.82) is 0 Å². The van der Waals surface area contributed by atoms with Gasteiger partial charge in [0.25, 0.3) is 5.56 Å². The molecular formula is C18H15N3O2S2. The third kappa shape index (κ3) is 3.20. The van der Waals surface area contributed by atoms with E-state index in [1.54, 1.807) is 11.3 Å². The second-order valence-corrected chi connectivity index (χ2v) is 7.63. The first-order valence-electron chi connectivity index (χ1n) is 7.74. The molecule has 0 N–H and O–H groups in total. The average Bonchev–Trinajstić information content (AvgIpc) is 3.24. The zero-order chi connectivity index (χ0) is 17.4. The van der Waals surface area contributed by atoms with Crippen molar-refractivity contribution in [3.63, 3.8) is 0 Å². The third-order valence-electron chi connectivity index (χ3n) is 3.75. The molecule has 0 aliphatic rings. The monoisotopic (exact) mass is 369 g/mol. The summed E-state index contributed by atoms with van der Waals surface area (Å²) in [7, 11) is 0. The molecule has 0 spiro atoms. The Kier molecular flexibility index (Phi) is 4.10. The summed E-state index contributed by atoms with van der Waals surface area (Å²) in [6.45, 7) is 4.27. The van der Waals surface area contributed by atoms with Crippen LogP contribution in [0.25, 0.3) is 14.8 Å². The van der Waals surface area contributed by atoms with E-state index in [4.69, 9.17) is 4.74 Å². The summed E-state index contributed by atoms with van der Waals surface area (Å²) in [5.41, 5.74) is 2.60. The van der Waals surface area contributed by atoms with Gasteiger partial charge in [-0.2, -0.15) is 9.61 Å². The maximum atomic E-state index is 12.3. The maximum absolute atomic E-state index is 12.3. The first-order chi connectivity index (χ1) is 12.1. The number of rotatable bonds is 4. The molecule has 0 saturated carbocycles. The molecule has 126 valence electrons. The number of aromatic nitrogens is 3. The van der Waals surface area contributed by atoms with E-state index in [1.807, 2.05) is 49.6 Å². The van der Waals surface area contributed by atoms with Crippen LogP contribution in [0.15, 0.2) is 46.6 Å². The SMILES string of the molecule is Cc1ccc(C)c(OCc2cc(=O)n3nc(-c4cccs4)sc3n2)c1. The van der Waals surface area contributed by atoms with Gasteiger partial charge in [-0.05, 0) is 42.5 Å². The lowest BCUT2D eigenvalue weighted by atomic mass is 10.1. The molecule has 0 aliphatic carbocycles. The molecule has 3 aromatic heterocycles. The van der Waals surface area contributed by atoms with Gasteiger partial charge < -0.3 is 4.74 Å². The number of aryl methyl sites for hydroxylation is 2. The molecule has 7 heteroatoms. The second-order valence-electron chi connectivity index (χ2n) is 5.72. The molecule has 0 bridgehead atoms. The van der Waals surface area contributed by atoms with Crippen LogP contribution in [-0.4, -0.2) is 14.6 Å². The molecule has 4 aromatic rings. The molecule has 0 radical (unpaired) electrons. The highest BCUT2D eigenvalue weighted by molar-refractivity contribution is 7.23. The van der Waals surface area contributed by atoms with Crippen LogP contribution >= 0.6 is 22.7 Å². The smallest absolute Gasteiger partial charge is 0.275 e. The van der Waals surface area contributed by atoms with Crippen LogP contribution in [0, 0.1) is 13.8 Å². The van der Waals surface area contributed by atoms with Crippen LogP contribution in [-0.2, 0) is 6.61 Å². The Bertz CT molecular complexity index is 1100. The van der Waals surface area contributed by atoms with E-state index in [1.165, 1.54) is 21.9 Å². The molecule has 3 heterocycles. The number of hydrogen-bond acceptors (Lipinski definition) is 6. The lowest BCUT2D eigenvalue weighted by Gasteiger charge is -2.09. The topological polar surface area (TPSA) is 56.5 Å². The van der Waals surface area contributed by atoms with E-state index in [0.29, 0.717) is 10.7 Å². The summed E-state index contributed by atoms with van der Waals surface area (Å²) >= 11 is 3.00. The Hall–Kier alpha value is -2.51. The highest BCUT2D eigenvalue weighted by Crippen LogP contribution is 2.28. The van der Waals surface area contributed by atoms with E-state index < -0.39 is 0 Å². The summed E-state index contributed by atoms with van der Waals surface area (Å²) in [5, 5.41) is 7.16. The van der Waals surface area contributed by atoms with Crippen molar-refractivity contribution in [2.45, 2.75) is 20.5 Å². The molecule has 0 fully saturated rings. The minimum Gasteiger partial charge on any atom is -0.487 e. The van der Waals surface area contributed by atoms with Gasteiger partial charge in [-0.1, -0.05) is 29.5 Å². The molecule has 0 atom stereocenters. The van der Waals surface area contributed by atoms with Gasteiger partial charge in [0.1, 0.15) is 12.4 Å². The Balaban J connectivity index is 1.64. The number of hydrogen-bond donors (Lipinski definition) is 0. The van der Waals surface area contributed by atoms with Crippen LogP contribution in [0.2, 0.25) is 0 Å². The number of thiophene rings is 1. The average molecular weight is 369 g/mol. The van der Waals surface area contributed by atoms with Crippen LogP contribution in [0.1, 0.15) is 16.8 Å². The second kappa shape index (κ2) is 6.42. The third-order valence-corrected chi connectivity index (χ3v) is 5.70. The molecule has 0 amide bonds. The van der Waals surface area contributed by atoms with E-state index in [-0.39, 0.29) is 12.2 Å². The summed E-state index contributed by atoms with van der Waals surface area (Å²) in [5.74, 6) is 0.811. The Morgan fingerprint density at radius 3 is 2.88 bits per heavy atom. The molecule has 1 aromatic carbocycles. The van der Waals surface area contributed by atoms with Gasteiger partial charge in [0.05, 0.1) is 10.6 Å². The Morgan fingerprint density at radius 2 is 2.08 bits per heavy atom. The molecule has 0 saturated heterocycles. The fraction of sp³-hybridized carbons (Fsp3) is 0.167. The normalized spacial score (nSPS) is 11.1. The summed E-state index contributed by atoms with van der Waals surface area (Å²) in [4.78, 5) is 18.5. The predicted octanol–water partition coefficient (Wildman–Crippen LogP) is 4.08. The van der Waals surface area contributed by atoms with Gasteiger partial charge in [0.15, 0.2) is 5.01 Å². The molecule has 4 rings (SSSR count). The Morgan fingerprint density at radius 1 is 1.20 bits per heavy atom. The molecule has 25 heavy (non-hydrogen) atoms. The number of nitrogens with zero attached hydrogens (tertiary/aromatic N) is 3. The van der Waals surface area contributed by atoms with Gasteiger partial charge in [-0.3, -0.25) is 4.79 Å². The van der Waals surface area contributed by atoms with Crippen molar-refractivity contribution in [2.75, 3.05) is 0 Å². The highest BCUT2D eigenvalue weighted by atomic mass is 32.1. The first-order valence-corrected chi connectivity index (χ1v) is 9.43. The summed E-state index contributed by atoms with van der Waals surface area (Å²) in [6, 6.07) is 11.5. The van der Waals surface area contributed by atoms with Crippen molar-refractivity contribution in [3.05, 3.63) is 69.0 Å². The van der Waals surface area contributed by atoms with E-state index in [2.05, 4.69) is 10.1 Å². The van der Waals surface area contributed by atoms with Crippen molar-refractivity contribution in [2.24, 2.45) is 0 Å². The van der Waals surface area contributed by atoms with Gasteiger partial charge in [-0.15, -0.1) is 11.3 Å². The fourth-order valence-electron chi connectivity index (χ4n) is 2.44. The van der Waals surface area contributed by atoms with Gasteiger partial charge in [0, 0.05) is 6.07 Å². The van der Waals surface area contributed by atoms with Crippen LogP contribution in [0.3, 0.4) is 0 Å². The standard InChI is InChI=1S/C18H15N3O2S2/c1-11-5-6-12(2)14(8-11)23-10-13-9-16(22)21-18(19-13)25-17(20-21)15-4-3-7-24-15/h3-9H,10H2,1-2H3. The number of benzene rings is 1. The van der Waals surface area contributed by atoms with Crippen LogP contribution < -0.4 is 10.3 Å². The minimum absolute atomic E-state index is 0.191. The van der Waals surface area contributed by atoms with Gasteiger partial charge in [-0.25, -0.2) is 4.98 Å². The predicted molar refractivity (Wildman–Crippen MR) is 101 cm³/mol. The largest absolute Gasteiger partial charge is 0.487 e. The van der Waals surface area contributed by atoms with E-state index in [9.17, 15) is 4.79 Å². The van der Waals surface area contributed by atoms with Gasteiger partial charge >= 0.3 is 0 Å². The highest BCUT2D eigenvalue weighted by Gasteiger charge is 2.12. The summed E-state index contributed by atoms with van der Waals surface area (Å²) in [6.07, 6.45) is 0. The number of ether oxygens (including phenoxy) is 1. The van der Waals surface area contributed by atoms with Crippen LogP contribution in [0.5, 0.6) is 5.75 Å². The van der Waals surface area contributed by atoms with Crippen molar-refractivity contribution < 1.29 is 4.74 Å². The lowest BCUT2D eigenvalue weighted by Crippen LogP contribution is -2.16. The maximum Gasteiger partial charge on any atom is 0.275 e. The molecular weight excluding hydrogens is 354 g/mol. The van der Waals surface area contributed by atoms with Gasteiger partial charge in [0.2, 0.25) is 4.96 Å².